The van der Waals surface area contributed by atoms with Gasteiger partial charge in [-0.1, -0.05) is 11.3 Å². The highest BCUT2D eigenvalue weighted by Crippen LogP contribution is 2.41. The van der Waals surface area contributed by atoms with Crippen LogP contribution < -0.4 is 26.2 Å². The molecule has 0 amide bonds. The van der Waals surface area contributed by atoms with Crippen molar-refractivity contribution >= 4 is 43.4 Å². The second-order valence-corrected chi connectivity index (χ2v) is 13.7. The number of ether oxygens (including phenoxy) is 2. The summed E-state index contributed by atoms with van der Waals surface area (Å²) in [6.45, 7) is 3.83. The number of nitrogens with one attached hydrogen (secondary N) is 1. The Balaban J connectivity index is 0.000000297. The van der Waals surface area contributed by atoms with Gasteiger partial charge in [-0.15, -0.1) is 0 Å². The van der Waals surface area contributed by atoms with Gasteiger partial charge in [0.05, 0.1) is 42.3 Å². The fraction of sp³-hybridized carbons (Fsp3) is 0.548. The fourth-order valence-corrected chi connectivity index (χ4v) is 8.57. The molecule has 11 nitrogen and oxygen atoms in total. The van der Waals surface area contributed by atoms with E-state index in [9.17, 15) is 13.6 Å². The van der Waals surface area contributed by atoms with Crippen LogP contribution in [0.15, 0.2) is 16.9 Å². The summed E-state index contributed by atoms with van der Waals surface area (Å²) in [6, 6.07) is 3.07. The maximum atomic E-state index is 16.7. The van der Waals surface area contributed by atoms with E-state index in [-0.39, 0.29) is 68.8 Å². The molecule has 4 atom stereocenters. The predicted molar refractivity (Wildman–Crippen MR) is 169 cm³/mol. The lowest BCUT2D eigenvalue weighted by Crippen LogP contribution is -2.52. The number of aromatic nitrogens is 4. The summed E-state index contributed by atoms with van der Waals surface area (Å²) in [5.74, 6) is -0.872. The van der Waals surface area contributed by atoms with Crippen molar-refractivity contribution in [1.82, 2.24) is 29.7 Å². The van der Waals surface area contributed by atoms with Crippen LogP contribution in [0, 0.1) is 11.6 Å². The lowest BCUT2D eigenvalue weighted by atomic mass is 10.0. The number of benzene rings is 1. The van der Waals surface area contributed by atoms with Gasteiger partial charge in [-0.05, 0) is 50.8 Å². The summed E-state index contributed by atoms with van der Waals surface area (Å²) >= 11 is 0.969. The maximum absolute atomic E-state index is 16.7. The van der Waals surface area contributed by atoms with E-state index in [4.69, 9.17) is 15.2 Å². The molecule has 4 aromatic rings. The summed E-state index contributed by atoms with van der Waals surface area (Å²) < 4.78 is 56.2. The van der Waals surface area contributed by atoms with Crippen molar-refractivity contribution in [2.45, 2.75) is 62.4 Å². The number of hydrogen-bond acceptors (Lipinski definition) is 11. The van der Waals surface area contributed by atoms with E-state index in [1.165, 1.54) is 36.7 Å². The second kappa shape index (κ2) is 11.6. The number of alkyl halides is 1. The number of thiazole rings is 1. The molecule has 3 N–H and O–H groups in total. The Hall–Kier alpha value is -3.53. The quantitative estimate of drug-likeness (QED) is 0.337. The number of rotatable bonds is 4. The van der Waals surface area contributed by atoms with Crippen LogP contribution >= 0.6 is 11.3 Å². The molecule has 244 valence electrons. The molecule has 15 heteroatoms. The first-order valence-electron chi connectivity index (χ1n) is 15.8. The van der Waals surface area contributed by atoms with Crippen LogP contribution in [0.25, 0.3) is 32.4 Å². The van der Waals surface area contributed by atoms with Crippen molar-refractivity contribution in [3.63, 3.8) is 0 Å². The van der Waals surface area contributed by atoms with Crippen LogP contribution in [0.4, 0.5) is 24.1 Å². The lowest BCUT2D eigenvalue weighted by molar-refractivity contribution is -0.0241. The van der Waals surface area contributed by atoms with E-state index in [2.05, 4.69) is 30.1 Å². The Morgan fingerprint density at radius 3 is 2.52 bits per heavy atom. The van der Waals surface area contributed by atoms with E-state index in [1.807, 2.05) is 0 Å². The highest BCUT2D eigenvalue weighted by Gasteiger charge is 2.41. The first-order chi connectivity index (χ1) is 22.3. The summed E-state index contributed by atoms with van der Waals surface area (Å²) in [7, 11) is 1.41. The molecule has 1 aromatic carbocycles. The normalized spacial score (nSPS) is 26.0. The van der Waals surface area contributed by atoms with Crippen molar-refractivity contribution < 1.29 is 22.6 Å². The number of anilines is 2. The zero-order chi connectivity index (χ0) is 31.7. The monoisotopic (exact) mass is 656 g/mol. The molecule has 5 aliphatic rings. The summed E-state index contributed by atoms with van der Waals surface area (Å²) in [6.07, 6.45) is 4.69. The largest absolute Gasteiger partial charge is 0.467 e. The minimum atomic E-state index is -0.731. The molecule has 8 heterocycles. The maximum Gasteiger partial charge on any atom is 0.318 e. The molecule has 5 aliphatic heterocycles. The molecule has 5 fully saturated rings. The topological polar surface area (TPSA) is 124 Å². The second-order valence-electron chi connectivity index (χ2n) is 12.7. The molecule has 3 aromatic heterocycles. The zero-order valence-electron chi connectivity index (χ0n) is 25.3. The Kier molecular flexibility index (Phi) is 7.54. The van der Waals surface area contributed by atoms with E-state index >= 15 is 4.39 Å². The minimum Gasteiger partial charge on any atom is -0.467 e. The van der Waals surface area contributed by atoms with E-state index in [0.717, 1.165) is 50.2 Å². The minimum absolute atomic E-state index is 0.0310. The summed E-state index contributed by atoms with van der Waals surface area (Å²) in [5, 5.41) is 3.66. The van der Waals surface area contributed by atoms with Gasteiger partial charge < -0.3 is 25.4 Å². The van der Waals surface area contributed by atoms with Gasteiger partial charge >= 0.3 is 6.01 Å². The molecule has 2 bridgehead atoms. The number of nitrogens with two attached hydrogens (primary N) is 1. The summed E-state index contributed by atoms with van der Waals surface area (Å²) in [5.41, 5.74) is 5.72. The SMILES string of the molecule is COc1nc(N2C3CCC2CNC3)c2c(=O)n(C3COC3)c(-c3ccc(F)c4sc(N)nc34)c(F)c2n1.FC1CC2CCCN2C1. The third kappa shape index (κ3) is 4.81. The molecular formula is C31H35F3N8O3S. The van der Waals surface area contributed by atoms with Crippen molar-refractivity contribution in [2.75, 3.05) is 57.1 Å². The Bertz CT molecular complexity index is 1860. The number of hydrogen-bond donors (Lipinski definition) is 2. The average Bonchev–Trinajstić information content (AvgIpc) is 3.77. The average molecular weight is 657 g/mol. The Labute approximate surface area is 266 Å². The first kappa shape index (κ1) is 29.8. The standard InChI is InChI=1S/C24H23F2N7O3S.C7H12FN/c1-35-24-30-18-15(21(31-24)32-10-2-3-11(32)7-28-6-10)22(34)33(12-8-36-9-12)19(16(18)26)13-4-5-14(25)20-17(13)29-23(27)37-20;8-6-4-7-2-1-3-9(7)5-6/h4-5,10-12,28H,2-3,6-9H2,1H3,(H2,27,29);6-7H,1-5H2. The predicted octanol–water partition coefficient (Wildman–Crippen LogP) is 3.64. The summed E-state index contributed by atoms with van der Waals surface area (Å²) in [4.78, 5) is 31.8. The van der Waals surface area contributed by atoms with Crippen LogP contribution in [0.3, 0.4) is 0 Å². The number of piperazine rings is 1. The number of nitrogen functional groups attached to an aromatic ring is 1. The van der Waals surface area contributed by atoms with Crippen molar-refractivity contribution in [2.24, 2.45) is 0 Å². The smallest absolute Gasteiger partial charge is 0.318 e. The fourth-order valence-electron chi connectivity index (χ4n) is 7.81. The molecule has 46 heavy (non-hydrogen) atoms. The zero-order valence-corrected chi connectivity index (χ0v) is 26.2. The van der Waals surface area contributed by atoms with Gasteiger partial charge in [0.25, 0.3) is 5.56 Å². The highest BCUT2D eigenvalue weighted by atomic mass is 32.1. The molecule has 0 radical (unpaired) electrons. The van der Waals surface area contributed by atoms with Gasteiger partial charge in [0.2, 0.25) is 0 Å². The lowest BCUT2D eigenvalue weighted by Gasteiger charge is -2.37. The van der Waals surface area contributed by atoms with Gasteiger partial charge in [0, 0.05) is 43.3 Å². The number of fused-ring (bicyclic) bond motifs is 5. The van der Waals surface area contributed by atoms with E-state index in [1.54, 1.807) is 0 Å². The molecule has 0 spiro atoms. The molecule has 5 saturated heterocycles. The number of pyridine rings is 1. The Morgan fingerprint density at radius 1 is 1.04 bits per heavy atom. The van der Waals surface area contributed by atoms with Crippen LogP contribution in [0.1, 0.15) is 38.1 Å². The number of halogens is 3. The van der Waals surface area contributed by atoms with E-state index in [0.29, 0.717) is 18.4 Å². The molecular weight excluding hydrogens is 621 g/mol. The molecule has 0 aliphatic carbocycles. The van der Waals surface area contributed by atoms with Crippen molar-refractivity contribution in [1.29, 1.82) is 0 Å². The van der Waals surface area contributed by atoms with Gasteiger partial charge in [-0.2, -0.15) is 9.97 Å². The molecule has 4 unspecified atom stereocenters. The van der Waals surface area contributed by atoms with Gasteiger partial charge in [-0.25, -0.2) is 18.2 Å². The Morgan fingerprint density at radius 2 is 1.83 bits per heavy atom. The third-order valence-electron chi connectivity index (χ3n) is 9.98. The molecule has 9 rings (SSSR count). The van der Waals surface area contributed by atoms with Gasteiger partial charge in [-0.3, -0.25) is 14.3 Å². The number of nitrogens with zero attached hydrogens (tertiary/aromatic N) is 6. The number of methoxy groups -OCH3 is 1. The van der Waals surface area contributed by atoms with Crippen molar-refractivity contribution in [3.8, 4) is 17.3 Å². The van der Waals surface area contributed by atoms with Crippen LogP contribution in [0.5, 0.6) is 6.01 Å². The third-order valence-corrected chi connectivity index (χ3v) is 10.9. The highest BCUT2D eigenvalue weighted by molar-refractivity contribution is 7.22. The van der Waals surface area contributed by atoms with Gasteiger partial charge in [0.15, 0.2) is 10.9 Å². The van der Waals surface area contributed by atoms with E-state index < -0.39 is 29.4 Å². The van der Waals surface area contributed by atoms with Crippen LogP contribution in [0.2, 0.25) is 0 Å². The molecule has 0 saturated carbocycles. The van der Waals surface area contributed by atoms with Crippen molar-refractivity contribution in [3.05, 3.63) is 34.1 Å². The van der Waals surface area contributed by atoms with Crippen LogP contribution in [-0.4, -0.2) is 95.2 Å². The first-order valence-corrected chi connectivity index (χ1v) is 16.6. The van der Waals surface area contributed by atoms with Gasteiger partial charge in [0.1, 0.15) is 28.7 Å². The van der Waals surface area contributed by atoms with Crippen LogP contribution in [-0.2, 0) is 4.74 Å².